The molecule has 0 saturated carbocycles. The van der Waals surface area contributed by atoms with Gasteiger partial charge in [0.2, 0.25) is 11.8 Å². The second-order valence-corrected chi connectivity index (χ2v) is 7.93. The van der Waals surface area contributed by atoms with E-state index < -0.39 is 0 Å². The Kier molecular flexibility index (Phi) is 7.27. The van der Waals surface area contributed by atoms with Gasteiger partial charge in [0, 0.05) is 11.4 Å². The smallest absolute Gasteiger partial charge is 0.237 e. The van der Waals surface area contributed by atoms with Gasteiger partial charge in [-0.25, -0.2) is 0 Å². The van der Waals surface area contributed by atoms with Gasteiger partial charge in [0.15, 0.2) is 0 Å². The molecule has 2 amide bonds. The van der Waals surface area contributed by atoms with Crippen LogP contribution in [0, 0.1) is 6.92 Å². The number of thioether (sulfide) groups is 1. The fraction of sp³-hybridized carbons (Fsp3) is 0.333. The van der Waals surface area contributed by atoms with Crippen LogP contribution < -0.4 is 10.6 Å². The lowest BCUT2D eigenvalue weighted by Crippen LogP contribution is -2.25. The molecule has 0 fully saturated rings. The largest absolute Gasteiger partial charge is 0.325 e. The number of rotatable bonds is 7. The van der Waals surface area contributed by atoms with Crippen LogP contribution in [-0.4, -0.2) is 22.8 Å². The van der Waals surface area contributed by atoms with Crippen LogP contribution in [0.15, 0.2) is 48.5 Å². The number of hydrogen-bond acceptors (Lipinski definition) is 3. The summed E-state index contributed by atoms with van der Waals surface area (Å²) in [5.41, 5.74) is 3.85. The molecular formula is C21H26N2O2S. The number of nitrogens with one attached hydrogen (secondary N) is 2. The van der Waals surface area contributed by atoms with Gasteiger partial charge in [-0.15, -0.1) is 11.8 Å². The molecule has 0 bridgehead atoms. The lowest BCUT2D eigenvalue weighted by molar-refractivity contribution is -0.115. The van der Waals surface area contributed by atoms with Gasteiger partial charge < -0.3 is 10.6 Å². The van der Waals surface area contributed by atoms with Crippen LogP contribution in [0.1, 0.15) is 37.8 Å². The summed E-state index contributed by atoms with van der Waals surface area (Å²) in [5, 5.41) is 5.51. The lowest BCUT2D eigenvalue weighted by Gasteiger charge is -2.16. The highest BCUT2D eigenvalue weighted by Gasteiger charge is 2.17. The van der Waals surface area contributed by atoms with E-state index in [1.165, 1.54) is 11.8 Å². The second-order valence-electron chi connectivity index (χ2n) is 6.60. The molecule has 138 valence electrons. The summed E-state index contributed by atoms with van der Waals surface area (Å²) in [4.78, 5) is 24.5. The summed E-state index contributed by atoms with van der Waals surface area (Å²) in [6, 6.07) is 15.5. The van der Waals surface area contributed by atoms with Crippen molar-refractivity contribution >= 4 is 35.0 Å². The predicted molar refractivity (Wildman–Crippen MR) is 111 cm³/mol. The SMILES string of the molecule is Cc1ccc(NC(=O)CSC(C)C(=O)Nc2ccccc2C(C)C)cc1. The van der Waals surface area contributed by atoms with Gasteiger partial charge in [-0.3, -0.25) is 9.59 Å². The second kappa shape index (κ2) is 9.43. The van der Waals surface area contributed by atoms with Crippen molar-refractivity contribution in [3.05, 3.63) is 59.7 Å². The molecule has 0 aliphatic rings. The van der Waals surface area contributed by atoms with Crippen LogP contribution in [0.5, 0.6) is 0 Å². The van der Waals surface area contributed by atoms with E-state index in [9.17, 15) is 9.59 Å². The van der Waals surface area contributed by atoms with Crippen LogP contribution >= 0.6 is 11.8 Å². The number of aryl methyl sites for hydroxylation is 1. The number of para-hydroxylation sites is 1. The highest BCUT2D eigenvalue weighted by molar-refractivity contribution is 8.01. The molecular weight excluding hydrogens is 344 g/mol. The van der Waals surface area contributed by atoms with Gasteiger partial charge in [0.25, 0.3) is 0 Å². The average molecular weight is 371 g/mol. The summed E-state index contributed by atoms with van der Waals surface area (Å²) in [6.07, 6.45) is 0. The lowest BCUT2D eigenvalue weighted by atomic mass is 10.0. The predicted octanol–water partition coefficient (Wildman–Crippen LogP) is 4.82. The molecule has 0 spiro atoms. The number of carbonyl (C=O) groups excluding carboxylic acids is 2. The first-order valence-electron chi connectivity index (χ1n) is 8.74. The quantitative estimate of drug-likeness (QED) is 0.735. The third kappa shape index (κ3) is 5.92. The van der Waals surface area contributed by atoms with Crippen LogP contribution in [0.2, 0.25) is 0 Å². The van der Waals surface area contributed by atoms with E-state index in [1.807, 2.05) is 62.4 Å². The third-order valence-corrected chi connectivity index (χ3v) is 5.15. The van der Waals surface area contributed by atoms with Gasteiger partial charge in [-0.1, -0.05) is 49.7 Å². The van der Waals surface area contributed by atoms with Crippen LogP contribution in [0.3, 0.4) is 0 Å². The first kappa shape index (κ1) is 20.0. The Morgan fingerprint density at radius 1 is 0.962 bits per heavy atom. The van der Waals surface area contributed by atoms with E-state index in [0.29, 0.717) is 5.92 Å². The molecule has 0 aliphatic heterocycles. The number of carbonyl (C=O) groups is 2. The first-order valence-corrected chi connectivity index (χ1v) is 9.79. The van der Waals surface area contributed by atoms with Gasteiger partial charge >= 0.3 is 0 Å². The number of anilines is 2. The van der Waals surface area contributed by atoms with E-state index >= 15 is 0 Å². The van der Waals surface area contributed by atoms with Crippen molar-refractivity contribution in [3.63, 3.8) is 0 Å². The maximum absolute atomic E-state index is 12.4. The number of hydrogen-bond donors (Lipinski definition) is 2. The standard InChI is InChI=1S/C21H26N2O2S/c1-14(2)18-7-5-6-8-19(18)23-21(25)16(4)26-13-20(24)22-17-11-9-15(3)10-12-17/h5-12,14,16H,13H2,1-4H3,(H,22,24)(H,23,25). The van der Waals surface area contributed by atoms with Crippen LogP contribution in [0.25, 0.3) is 0 Å². The molecule has 0 aliphatic carbocycles. The van der Waals surface area contributed by atoms with Gasteiger partial charge in [0.1, 0.15) is 0 Å². The Morgan fingerprint density at radius 3 is 2.27 bits per heavy atom. The molecule has 2 aromatic rings. The van der Waals surface area contributed by atoms with Crippen molar-refractivity contribution in [1.82, 2.24) is 0 Å². The Labute approximate surface area is 159 Å². The average Bonchev–Trinajstić information content (AvgIpc) is 2.61. The minimum absolute atomic E-state index is 0.0914. The monoisotopic (exact) mass is 370 g/mol. The molecule has 5 heteroatoms. The Bertz CT molecular complexity index is 757. The van der Waals surface area contributed by atoms with E-state index in [2.05, 4.69) is 24.5 Å². The minimum Gasteiger partial charge on any atom is -0.325 e. The van der Waals surface area contributed by atoms with Crippen molar-refractivity contribution < 1.29 is 9.59 Å². The number of benzene rings is 2. The summed E-state index contributed by atoms with van der Waals surface area (Å²) in [6.45, 7) is 8.01. The van der Waals surface area contributed by atoms with Gasteiger partial charge in [-0.2, -0.15) is 0 Å². The minimum atomic E-state index is -0.320. The Balaban J connectivity index is 1.85. The van der Waals surface area contributed by atoms with Gasteiger partial charge in [-0.05, 0) is 43.5 Å². The molecule has 1 unspecified atom stereocenters. The third-order valence-electron chi connectivity index (χ3n) is 4.01. The first-order chi connectivity index (χ1) is 12.4. The maximum atomic E-state index is 12.4. The molecule has 0 radical (unpaired) electrons. The van der Waals surface area contributed by atoms with Gasteiger partial charge in [0.05, 0.1) is 11.0 Å². The van der Waals surface area contributed by atoms with E-state index in [4.69, 9.17) is 0 Å². The fourth-order valence-electron chi connectivity index (χ4n) is 2.46. The zero-order valence-electron chi connectivity index (χ0n) is 15.7. The highest BCUT2D eigenvalue weighted by atomic mass is 32.2. The normalized spacial score (nSPS) is 11.9. The molecule has 0 aromatic heterocycles. The van der Waals surface area contributed by atoms with E-state index in [1.54, 1.807) is 0 Å². The van der Waals surface area contributed by atoms with Crippen LogP contribution in [0.4, 0.5) is 11.4 Å². The molecule has 2 N–H and O–H groups in total. The molecule has 2 rings (SSSR count). The van der Waals surface area contributed by atoms with Crippen LogP contribution in [-0.2, 0) is 9.59 Å². The fourth-order valence-corrected chi connectivity index (χ4v) is 3.14. The zero-order valence-corrected chi connectivity index (χ0v) is 16.5. The summed E-state index contributed by atoms with van der Waals surface area (Å²) >= 11 is 1.32. The maximum Gasteiger partial charge on any atom is 0.237 e. The van der Waals surface area contributed by atoms with Crippen molar-refractivity contribution in [2.75, 3.05) is 16.4 Å². The highest BCUT2D eigenvalue weighted by Crippen LogP contribution is 2.24. The molecule has 2 aromatic carbocycles. The summed E-state index contributed by atoms with van der Waals surface area (Å²) < 4.78 is 0. The molecule has 1 atom stereocenters. The van der Waals surface area contributed by atoms with E-state index in [-0.39, 0.29) is 22.8 Å². The Hall–Kier alpha value is -2.27. The van der Waals surface area contributed by atoms with Crippen molar-refractivity contribution in [2.45, 2.75) is 38.9 Å². The summed E-state index contributed by atoms with van der Waals surface area (Å²) in [7, 11) is 0. The molecule has 0 heterocycles. The van der Waals surface area contributed by atoms with Crippen molar-refractivity contribution in [1.29, 1.82) is 0 Å². The Morgan fingerprint density at radius 2 is 1.62 bits per heavy atom. The van der Waals surface area contributed by atoms with Crippen molar-refractivity contribution in [2.24, 2.45) is 0 Å². The number of amides is 2. The van der Waals surface area contributed by atoms with Crippen molar-refractivity contribution in [3.8, 4) is 0 Å². The molecule has 4 nitrogen and oxygen atoms in total. The molecule has 26 heavy (non-hydrogen) atoms. The van der Waals surface area contributed by atoms with E-state index in [0.717, 1.165) is 22.5 Å². The topological polar surface area (TPSA) is 58.2 Å². The zero-order chi connectivity index (χ0) is 19.1. The summed E-state index contributed by atoms with van der Waals surface area (Å²) in [5.74, 6) is 0.357. The molecule has 0 saturated heterocycles.